The number of phenolic OH excluding ortho intramolecular Hbond substituents is 1. The van der Waals surface area contributed by atoms with Gasteiger partial charge in [0, 0.05) is 17.3 Å². The fourth-order valence-corrected chi connectivity index (χ4v) is 13.1. The summed E-state index contributed by atoms with van der Waals surface area (Å²) in [6.45, 7) is 4.52. The van der Waals surface area contributed by atoms with Crippen LogP contribution in [0.15, 0.2) is 29.8 Å². The Morgan fingerprint density at radius 2 is 1.64 bits per heavy atom. The minimum Gasteiger partial charge on any atom is -0.508 e. The third kappa shape index (κ3) is 4.16. The maximum Gasteiger partial charge on any atom is 0.310 e. The molecule has 0 amide bonds. The van der Waals surface area contributed by atoms with Crippen molar-refractivity contribution < 1.29 is 24.5 Å². The number of rotatable bonds is 3. The number of fused-ring (bicyclic) bond motifs is 10. The van der Waals surface area contributed by atoms with E-state index in [0.29, 0.717) is 72.2 Å². The predicted molar refractivity (Wildman–Crippen MR) is 172 cm³/mol. The molecule has 5 heteroatoms. The minimum absolute atomic E-state index is 0.0162. The molecule has 0 saturated heterocycles. The Hall–Kier alpha value is -2.58. The second-order valence-corrected chi connectivity index (χ2v) is 16.7. The highest BCUT2D eigenvalue weighted by atomic mass is 16.6. The fraction of sp³-hybridized carbons (Fsp3) is 0.700. The maximum absolute atomic E-state index is 14.0. The summed E-state index contributed by atoms with van der Waals surface area (Å²) in [5.74, 6) is 6.78. The topological polar surface area (TPSA) is 83.8 Å². The first-order valence-corrected chi connectivity index (χ1v) is 18.0. The van der Waals surface area contributed by atoms with Crippen LogP contribution in [0.2, 0.25) is 0 Å². The summed E-state index contributed by atoms with van der Waals surface area (Å²) in [6.07, 6.45) is 21.2. The number of allylic oxidation sites excluding steroid dienone is 1. The lowest BCUT2D eigenvalue weighted by atomic mass is 9.50. The molecule has 240 valence electrons. The molecule has 45 heavy (non-hydrogen) atoms. The molecule has 2 N–H and O–H groups in total. The molecular formula is C40H50O5. The van der Waals surface area contributed by atoms with Crippen LogP contribution in [0.5, 0.6) is 5.75 Å². The maximum atomic E-state index is 14.0. The van der Waals surface area contributed by atoms with E-state index in [9.17, 15) is 19.8 Å². The number of carbonyl (C=O) groups excluding carboxylic acids is 2. The molecule has 0 aliphatic heterocycles. The molecule has 7 aliphatic rings. The van der Waals surface area contributed by atoms with Gasteiger partial charge >= 0.3 is 5.97 Å². The molecular weight excluding hydrogens is 560 g/mol. The normalized spacial score (nSPS) is 46.3. The van der Waals surface area contributed by atoms with Gasteiger partial charge in [-0.3, -0.25) is 9.59 Å². The lowest BCUT2D eigenvalue weighted by molar-refractivity contribution is -0.182. The number of terminal acetylenes is 1. The van der Waals surface area contributed by atoms with E-state index in [4.69, 9.17) is 11.2 Å². The van der Waals surface area contributed by atoms with Gasteiger partial charge in [-0.25, -0.2) is 0 Å². The van der Waals surface area contributed by atoms with Gasteiger partial charge < -0.3 is 14.9 Å². The summed E-state index contributed by atoms with van der Waals surface area (Å²) < 4.78 is 6.52. The molecule has 1 aromatic rings. The van der Waals surface area contributed by atoms with Crippen molar-refractivity contribution in [2.45, 2.75) is 127 Å². The quantitative estimate of drug-likeness (QED) is 0.275. The van der Waals surface area contributed by atoms with Gasteiger partial charge in [0.15, 0.2) is 11.4 Å². The first-order chi connectivity index (χ1) is 21.5. The first-order valence-electron chi connectivity index (χ1n) is 18.0. The molecule has 1 aromatic carbocycles. The standard InChI is InChI=1S/C40H50O5/c1-4-40(20-16-35-33-10-6-25-22-27(42)8-12-29(25)31(33)14-18-38(35,40)3)45-36(43)23-39(44)19-15-34-32-9-5-24-21-26(41)7-11-28(24)30(32)13-17-37(34,39)2/h1,7,11,21-22,29-35,41,44H,5-6,8-10,12-20,23H2,2-3H3/t29?,30-,31?,32-,33?,34+,35?,37+,38+,39+,40+/m1/s1. The third-order valence-electron chi connectivity index (χ3n) is 15.4. The van der Waals surface area contributed by atoms with E-state index in [1.54, 1.807) is 0 Å². The number of aliphatic hydroxyl groups is 1. The number of hydrogen-bond acceptors (Lipinski definition) is 5. The van der Waals surface area contributed by atoms with Crippen LogP contribution in [0.25, 0.3) is 0 Å². The second kappa shape index (κ2) is 10.2. The van der Waals surface area contributed by atoms with Gasteiger partial charge in [0.2, 0.25) is 0 Å². The number of phenols is 1. The molecule has 7 aliphatic carbocycles. The number of benzene rings is 1. The van der Waals surface area contributed by atoms with Gasteiger partial charge in [-0.1, -0.05) is 31.4 Å². The van der Waals surface area contributed by atoms with Crippen LogP contribution in [0.4, 0.5) is 0 Å². The largest absolute Gasteiger partial charge is 0.508 e. The first kappa shape index (κ1) is 29.8. The Labute approximate surface area is 268 Å². The zero-order chi connectivity index (χ0) is 31.4. The Balaban J connectivity index is 0.989. The van der Waals surface area contributed by atoms with Crippen molar-refractivity contribution in [2.24, 2.45) is 46.3 Å². The van der Waals surface area contributed by atoms with Crippen LogP contribution in [-0.4, -0.2) is 33.2 Å². The van der Waals surface area contributed by atoms with Crippen molar-refractivity contribution in [1.29, 1.82) is 0 Å². The fourth-order valence-electron chi connectivity index (χ4n) is 13.1. The summed E-state index contributed by atoms with van der Waals surface area (Å²) in [5, 5.41) is 22.4. The monoisotopic (exact) mass is 610 g/mol. The SMILES string of the molecule is C#C[C@]1(OC(=O)C[C@@]2(O)CC[C@H]3[C@@H]4CCc5cc(O)ccc5[C@H]4CC[C@@]32C)CCC2C3CCC4=CC(=O)CCC4C3CC[C@@]21C. The van der Waals surface area contributed by atoms with Crippen LogP contribution in [0, 0.1) is 58.7 Å². The molecule has 0 heterocycles. The van der Waals surface area contributed by atoms with Crippen LogP contribution in [0.1, 0.15) is 121 Å². The average molecular weight is 611 g/mol. The average Bonchev–Trinajstić information content (AvgIpc) is 3.46. The molecule has 4 unspecified atom stereocenters. The Morgan fingerprint density at radius 1 is 0.889 bits per heavy atom. The number of ketones is 1. The molecule has 8 rings (SSSR count). The van der Waals surface area contributed by atoms with Crippen molar-refractivity contribution in [3.63, 3.8) is 0 Å². The molecule has 0 aromatic heterocycles. The second-order valence-electron chi connectivity index (χ2n) is 16.7. The van der Waals surface area contributed by atoms with Gasteiger partial charge in [0.25, 0.3) is 0 Å². The molecule has 0 radical (unpaired) electrons. The van der Waals surface area contributed by atoms with Crippen molar-refractivity contribution in [1.82, 2.24) is 0 Å². The summed E-state index contributed by atoms with van der Waals surface area (Å²) in [7, 11) is 0. The number of esters is 1. The van der Waals surface area contributed by atoms with E-state index in [1.165, 1.54) is 16.7 Å². The van der Waals surface area contributed by atoms with Crippen LogP contribution >= 0.6 is 0 Å². The summed E-state index contributed by atoms with van der Waals surface area (Å²) in [4.78, 5) is 26.1. The van der Waals surface area contributed by atoms with Gasteiger partial charge in [-0.2, -0.15) is 0 Å². The number of ether oxygens (including phenoxy) is 1. The molecule has 0 bridgehead atoms. The van der Waals surface area contributed by atoms with Gasteiger partial charge in [0.05, 0.1) is 12.0 Å². The highest BCUT2D eigenvalue weighted by Gasteiger charge is 2.66. The van der Waals surface area contributed by atoms with Gasteiger partial charge in [-0.05, 0) is 154 Å². The van der Waals surface area contributed by atoms with Crippen LogP contribution < -0.4 is 0 Å². The van der Waals surface area contributed by atoms with E-state index in [0.717, 1.165) is 70.6 Å². The molecule has 5 saturated carbocycles. The van der Waals surface area contributed by atoms with E-state index in [2.05, 4.69) is 25.8 Å². The number of aryl methyl sites for hydroxylation is 1. The van der Waals surface area contributed by atoms with E-state index in [1.807, 2.05) is 18.2 Å². The highest BCUT2D eigenvalue weighted by Crippen LogP contribution is 2.67. The van der Waals surface area contributed by atoms with E-state index >= 15 is 0 Å². The van der Waals surface area contributed by atoms with Crippen molar-refractivity contribution in [2.75, 3.05) is 0 Å². The number of carbonyl (C=O) groups is 2. The predicted octanol–water partition coefficient (Wildman–Crippen LogP) is 7.43. The van der Waals surface area contributed by atoms with E-state index < -0.39 is 11.2 Å². The lowest BCUT2D eigenvalue weighted by Gasteiger charge is -2.55. The van der Waals surface area contributed by atoms with Crippen molar-refractivity contribution in [3.05, 3.63) is 41.0 Å². The Kier molecular flexibility index (Phi) is 6.76. The summed E-state index contributed by atoms with van der Waals surface area (Å²) in [6, 6.07) is 5.87. The van der Waals surface area contributed by atoms with Crippen LogP contribution in [-0.2, 0) is 20.7 Å². The van der Waals surface area contributed by atoms with Gasteiger partial charge in [0.1, 0.15) is 5.75 Å². The van der Waals surface area contributed by atoms with Crippen molar-refractivity contribution >= 4 is 11.8 Å². The van der Waals surface area contributed by atoms with Crippen LogP contribution in [0.3, 0.4) is 0 Å². The lowest BCUT2D eigenvalue weighted by Crippen LogP contribution is -2.55. The Bertz CT molecular complexity index is 1500. The smallest absolute Gasteiger partial charge is 0.310 e. The summed E-state index contributed by atoms with van der Waals surface area (Å²) in [5.41, 5.74) is 1.41. The molecule has 11 atom stereocenters. The molecule has 5 fully saturated rings. The Morgan fingerprint density at radius 3 is 2.47 bits per heavy atom. The zero-order valence-corrected chi connectivity index (χ0v) is 27.2. The third-order valence-corrected chi connectivity index (χ3v) is 15.4. The molecule has 5 nitrogen and oxygen atoms in total. The highest BCUT2D eigenvalue weighted by molar-refractivity contribution is 5.91. The zero-order valence-electron chi connectivity index (χ0n) is 27.2. The number of aromatic hydroxyl groups is 1. The molecule has 0 spiro atoms. The van der Waals surface area contributed by atoms with E-state index in [-0.39, 0.29) is 23.2 Å². The minimum atomic E-state index is -1.09. The van der Waals surface area contributed by atoms with Gasteiger partial charge in [-0.15, -0.1) is 6.42 Å². The summed E-state index contributed by atoms with van der Waals surface area (Å²) >= 11 is 0. The number of hydrogen-bond donors (Lipinski definition) is 2. The van der Waals surface area contributed by atoms with Crippen molar-refractivity contribution in [3.8, 4) is 18.1 Å².